The zero-order valence-electron chi connectivity index (χ0n) is 11.4. The Hall–Kier alpha value is -0.860. The number of likely N-dealkylation sites (N-methyl/N-ethyl adjacent to an activating group) is 1. The number of rotatable bonds is 4. The van der Waals surface area contributed by atoms with Gasteiger partial charge in [-0.3, -0.25) is 4.90 Å². The largest absolute Gasteiger partial charge is 0.315 e. The normalized spacial score (nSPS) is 22.3. The van der Waals surface area contributed by atoms with Crippen LogP contribution < -0.4 is 5.32 Å². The molecular weight excluding hydrogens is 220 g/mol. The van der Waals surface area contributed by atoms with Crippen LogP contribution in [-0.4, -0.2) is 31.1 Å². The van der Waals surface area contributed by atoms with Crippen molar-refractivity contribution < 1.29 is 0 Å². The molecule has 0 spiro atoms. The fourth-order valence-electron chi connectivity index (χ4n) is 3.18. The van der Waals surface area contributed by atoms with Crippen molar-refractivity contribution in [1.29, 1.82) is 0 Å². The molecular formula is C16H24N2. The van der Waals surface area contributed by atoms with Crippen LogP contribution in [0.15, 0.2) is 24.3 Å². The Bertz CT molecular complexity index is 398. The van der Waals surface area contributed by atoms with E-state index < -0.39 is 0 Å². The van der Waals surface area contributed by atoms with Gasteiger partial charge in [0.1, 0.15) is 0 Å². The number of aryl methyl sites for hydroxylation is 1. The first-order valence-corrected chi connectivity index (χ1v) is 7.33. The first kappa shape index (κ1) is 12.2. The van der Waals surface area contributed by atoms with Crippen molar-refractivity contribution >= 4 is 0 Å². The SMILES string of the molecule is CNC(CN1CCCc2ccccc2C1)C1CC1. The summed E-state index contributed by atoms with van der Waals surface area (Å²) >= 11 is 0. The summed E-state index contributed by atoms with van der Waals surface area (Å²) < 4.78 is 0. The molecule has 1 aliphatic carbocycles. The van der Waals surface area contributed by atoms with E-state index in [0.29, 0.717) is 6.04 Å². The van der Waals surface area contributed by atoms with Gasteiger partial charge in [0.25, 0.3) is 0 Å². The Morgan fingerprint density at radius 2 is 2.06 bits per heavy atom. The van der Waals surface area contributed by atoms with Gasteiger partial charge in [-0.2, -0.15) is 0 Å². The maximum atomic E-state index is 3.51. The lowest BCUT2D eigenvalue weighted by Crippen LogP contribution is -2.40. The number of fused-ring (bicyclic) bond motifs is 1. The monoisotopic (exact) mass is 244 g/mol. The molecule has 1 aromatic carbocycles. The molecule has 1 unspecified atom stereocenters. The highest BCUT2D eigenvalue weighted by Gasteiger charge is 2.31. The Morgan fingerprint density at radius 1 is 1.28 bits per heavy atom. The average Bonchev–Trinajstić information content (AvgIpc) is 3.22. The fraction of sp³-hybridized carbons (Fsp3) is 0.625. The van der Waals surface area contributed by atoms with Crippen molar-refractivity contribution in [2.75, 3.05) is 20.1 Å². The lowest BCUT2D eigenvalue weighted by Gasteiger charge is -2.26. The quantitative estimate of drug-likeness (QED) is 0.875. The zero-order valence-corrected chi connectivity index (χ0v) is 11.4. The van der Waals surface area contributed by atoms with Gasteiger partial charge in [0.2, 0.25) is 0 Å². The molecule has 18 heavy (non-hydrogen) atoms. The number of hydrogen-bond acceptors (Lipinski definition) is 2. The lowest BCUT2D eigenvalue weighted by atomic mass is 10.0. The van der Waals surface area contributed by atoms with Crippen LogP contribution in [0.2, 0.25) is 0 Å². The van der Waals surface area contributed by atoms with Crippen molar-refractivity contribution in [3.63, 3.8) is 0 Å². The summed E-state index contributed by atoms with van der Waals surface area (Å²) in [5.74, 6) is 0.938. The molecule has 2 nitrogen and oxygen atoms in total. The second-order valence-corrected chi connectivity index (χ2v) is 5.84. The molecule has 0 amide bonds. The highest BCUT2D eigenvalue weighted by Crippen LogP contribution is 2.33. The van der Waals surface area contributed by atoms with Crippen LogP contribution in [-0.2, 0) is 13.0 Å². The van der Waals surface area contributed by atoms with Crippen molar-refractivity contribution in [1.82, 2.24) is 10.2 Å². The first-order valence-electron chi connectivity index (χ1n) is 7.33. The van der Waals surface area contributed by atoms with Crippen molar-refractivity contribution in [2.24, 2.45) is 5.92 Å². The number of nitrogens with zero attached hydrogens (tertiary/aromatic N) is 1. The van der Waals surface area contributed by atoms with Gasteiger partial charge in [-0.25, -0.2) is 0 Å². The van der Waals surface area contributed by atoms with Crippen molar-refractivity contribution in [3.05, 3.63) is 35.4 Å². The summed E-state index contributed by atoms with van der Waals surface area (Å²) in [7, 11) is 2.12. The molecule has 1 fully saturated rings. The summed E-state index contributed by atoms with van der Waals surface area (Å²) in [6.45, 7) is 3.61. The zero-order chi connectivity index (χ0) is 12.4. The third-order valence-electron chi connectivity index (χ3n) is 4.45. The van der Waals surface area contributed by atoms with Gasteiger partial charge in [0, 0.05) is 19.1 Å². The topological polar surface area (TPSA) is 15.3 Å². The van der Waals surface area contributed by atoms with E-state index >= 15 is 0 Å². The molecule has 0 aromatic heterocycles. The van der Waals surface area contributed by atoms with E-state index in [0.717, 1.165) is 12.5 Å². The van der Waals surface area contributed by atoms with Gasteiger partial charge in [-0.05, 0) is 56.3 Å². The molecule has 1 saturated carbocycles. The smallest absolute Gasteiger partial charge is 0.0237 e. The van der Waals surface area contributed by atoms with E-state index in [4.69, 9.17) is 0 Å². The minimum Gasteiger partial charge on any atom is -0.315 e. The van der Waals surface area contributed by atoms with Crippen LogP contribution in [0.25, 0.3) is 0 Å². The Kier molecular flexibility index (Phi) is 3.67. The summed E-state index contributed by atoms with van der Waals surface area (Å²) in [5.41, 5.74) is 3.10. The molecule has 1 aliphatic heterocycles. The van der Waals surface area contributed by atoms with Crippen LogP contribution in [0.1, 0.15) is 30.4 Å². The fourth-order valence-corrected chi connectivity index (χ4v) is 3.18. The maximum absolute atomic E-state index is 3.51. The molecule has 0 radical (unpaired) electrons. The third-order valence-corrected chi connectivity index (χ3v) is 4.45. The molecule has 1 atom stereocenters. The van der Waals surface area contributed by atoms with Gasteiger partial charge in [-0.15, -0.1) is 0 Å². The molecule has 2 aliphatic rings. The van der Waals surface area contributed by atoms with Gasteiger partial charge in [0.15, 0.2) is 0 Å². The van der Waals surface area contributed by atoms with Crippen LogP contribution in [0.3, 0.4) is 0 Å². The average molecular weight is 244 g/mol. The van der Waals surface area contributed by atoms with Crippen LogP contribution in [0.5, 0.6) is 0 Å². The van der Waals surface area contributed by atoms with Gasteiger partial charge in [0.05, 0.1) is 0 Å². The van der Waals surface area contributed by atoms with E-state index in [1.807, 2.05) is 0 Å². The summed E-state index contributed by atoms with van der Waals surface area (Å²) in [6.07, 6.45) is 5.41. The van der Waals surface area contributed by atoms with Crippen LogP contribution >= 0.6 is 0 Å². The molecule has 0 bridgehead atoms. The summed E-state index contributed by atoms with van der Waals surface area (Å²) in [5, 5.41) is 3.51. The maximum Gasteiger partial charge on any atom is 0.0237 e. The Labute approximate surface area is 110 Å². The number of hydrogen-bond donors (Lipinski definition) is 1. The molecule has 0 saturated heterocycles. The minimum atomic E-state index is 0.704. The van der Waals surface area contributed by atoms with E-state index in [1.54, 1.807) is 11.1 Å². The summed E-state index contributed by atoms with van der Waals surface area (Å²) in [6, 6.07) is 9.66. The van der Waals surface area contributed by atoms with Gasteiger partial charge in [-0.1, -0.05) is 24.3 Å². The third kappa shape index (κ3) is 2.76. The molecule has 98 valence electrons. The lowest BCUT2D eigenvalue weighted by molar-refractivity contribution is 0.231. The number of benzene rings is 1. The van der Waals surface area contributed by atoms with Crippen LogP contribution in [0.4, 0.5) is 0 Å². The molecule has 1 aromatic rings. The van der Waals surface area contributed by atoms with Crippen molar-refractivity contribution in [3.8, 4) is 0 Å². The molecule has 2 heteroatoms. The van der Waals surface area contributed by atoms with E-state index in [1.165, 1.54) is 38.8 Å². The molecule has 1 heterocycles. The molecule has 1 N–H and O–H groups in total. The first-order chi connectivity index (χ1) is 8.86. The number of nitrogens with one attached hydrogen (secondary N) is 1. The molecule has 3 rings (SSSR count). The van der Waals surface area contributed by atoms with Gasteiger partial charge >= 0.3 is 0 Å². The van der Waals surface area contributed by atoms with Crippen molar-refractivity contribution in [2.45, 2.75) is 38.3 Å². The predicted molar refractivity (Wildman–Crippen MR) is 75.6 cm³/mol. The second-order valence-electron chi connectivity index (χ2n) is 5.84. The van der Waals surface area contributed by atoms with Crippen LogP contribution in [0, 0.1) is 5.92 Å². The highest BCUT2D eigenvalue weighted by molar-refractivity contribution is 5.28. The highest BCUT2D eigenvalue weighted by atomic mass is 15.1. The minimum absolute atomic E-state index is 0.704. The second kappa shape index (κ2) is 5.41. The van der Waals surface area contributed by atoms with E-state index in [-0.39, 0.29) is 0 Å². The Morgan fingerprint density at radius 3 is 2.78 bits per heavy atom. The van der Waals surface area contributed by atoms with E-state index in [9.17, 15) is 0 Å². The Balaban J connectivity index is 1.67. The predicted octanol–water partition coefficient (Wildman–Crippen LogP) is 2.43. The standard InChI is InChI=1S/C16H24N2/c1-17-16(14-8-9-14)12-18-10-4-7-13-5-2-3-6-15(13)11-18/h2-3,5-6,14,16-17H,4,7-12H2,1H3. The summed E-state index contributed by atoms with van der Waals surface area (Å²) in [4.78, 5) is 2.64. The van der Waals surface area contributed by atoms with Gasteiger partial charge < -0.3 is 5.32 Å². The van der Waals surface area contributed by atoms with E-state index in [2.05, 4.69) is 41.5 Å².